The maximum Gasteiger partial charge on any atom is 0.293 e. The van der Waals surface area contributed by atoms with Gasteiger partial charge in [0.25, 0.3) is 5.69 Å². The minimum absolute atomic E-state index is 0.0773. The molecule has 0 bridgehead atoms. The molecule has 0 fully saturated rings. The fourth-order valence-corrected chi connectivity index (χ4v) is 1.84. The van der Waals surface area contributed by atoms with E-state index in [1.54, 1.807) is 0 Å². The molecule has 0 heterocycles. The summed E-state index contributed by atoms with van der Waals surface area (Å²) in [5, 5.41) is 13.8. The van der Waals surface area contributed by atoms with Crippen molar-refractivity contribution in [3.8, 4) is 0 Å². The Morgan fingerprint density at radius 1 is 1.20 bits per heavy atom. The van der Waals surface area contributed by atoms with E-state index < -0.39 is 16.6 Å². The van der Waals surface area contributed by atoms with Crippen LogP contribution in [0.1, 0.15) is 5.56 Å². The average molecular weight is 299 g/mol. The second-order valence-electron chi connectivity index (χ2n) is 4.01. The van der Waals surface area contributed by atoms with Gasteiger partial charge in [0.2, 0.25) is 0 Å². The third kappa shape index (κ3) is 3.21. The van der Waals surface area contributed by atoms with Crippen molar-refractivity contribution in [2.24, 2.45) is 0 Å². The van der Waals surface area contributed by atoms with E-state index in [0.717, 1.165) is 18.2 Å². The molecule has 0 radical (unpaired) electrons. The minimum atomic E-state index is -0.601. The molecule has 0 aliphatic rings. The monoisotopic (exact) mass is 298 g/mol. The molecule has 0 spiro atoms. The van der Waals surface area contributed by atoms with Gasteiger partial charge in [0.1, 0.15) is 17.3 Å². The second-order valence-corrected chi connectivity index (χ2v) is 4.44. The standard InChI is InChI=1S/C13H9ClF2N2O2/c14-9-1-4-12(13(6-9)18(19)20)17-7-8-5-10(15)2-3-11(8)16/h1-6,17H,7H2. The van der Waals surface area contributed by atoms with Crippen molar-refractivity contribution in [3.05, 3.63) is 68.7 Å². The fraction of sp³-hybridized carbons (Fsp3) is 0.0769. The molecule has 2 aromatic rings. The molecule has 0 unspecified atom stereocenters. The van der Waals surface area contributed by atoms with Crippen LogP contribution in [0.25, 0.3) is 0 Å². The zero-order valence-electron chi connectivity index (χ0n) is 10.1. The molecule has 0 atom stereocenters. The molecule has 7 heteroatoms. The Hall–Kier alpha value is -2.21. The van der Waals surface area contributed by atoms with E-state index in [9.17, 15) is 18.9 Å². The average Bonchev–Trinajstić information content (AvgIpc) is 2.40. The summed E-state index contributed by atoms with van der Waals surface area (Å²) >= 11 is 5.68. The highest BCUT2D eigenvalue weighted by atomic mass is 35.5. The summed E-state index contributed by atoms with van der Waals surface area (Å²) in [7, 11) is 0. The lowest BCUT2D eigenvalue weighted by Gasteiger charge is -2.08. The third-order valence-corrected chi connectivity index (χ3v) is 2.87. The van der Waals surface area contributed by atoms with Gasteiger partial charge in [-0.2, -0.15) is 0 Å². The molecule has 1 N–H and O–H groups in total. The van der Waals surface area contributed by atoms with Crippen molar-refractivity contribution in [1.82, 2.24) is 0 Å². The van der Waals surface area contributed by atoms with Crippen LogP contribution in [0.2, 0.25) is 5.02 Å². The molecular formula is C13H9ClF2N2O2. The molecule has 0 aliphatic heterocycles. The van der Waals surface area contributed by atoms with Gasteiger partial charge in [0.05, 0.1) is 4.92 Å². The lowest BCUT2D eigenvalue weighted by molar-refractivity contribution is -0.383. The molecule has 2 aromatic carbocycles. The van der Waals surface area contributed by atoms with Crippen LogP contribution in [0.4, 0.5) is 20.2 Å². The molecule has 0 aliphatic carbocycles. The van der Waals surface area contributed by atoms with Crippen LogP contribution in [0.5, 0.6) is 0 Å². The lowest BCUT2D eigenvalue weighted by Crippen LogP contribution is -2.04. The SMILES string of the molecule is O=[N+]([O-])c1cc(Cl)ccc1NCc1cc(F)ccc1F. The quantitative estimate of drug-likeness (QED) is 0.682. The summed E-state index contributed by atoms with van der Waals surface area (Å²) in [4.78, 5) is 10.3. The van der Waals surface area contributed by atoms with Crippen molar-refractivity contribution >= 4 is 23.0 Å². The van der Waals surface area contributed by atoms with Gasteiger partial charge < -0.3 is 5.32 Å². The predicted octanol–water partition coefficient (Wildman–Crippen LogP) is 4.14. The van der Waals surface area contributed by atoms with Crippen LogP contribution in [0.15, 0.2) is 36.4 Å². The summed E-state index contributed by atoms with van der Waals surface area (Å²) < 4.78 is 26.4. The maximum absolute atomic E-state index is 13.4. The molecule has 4 nitrogen and oxygen atoms in total. The van der Waals surface area contributed by atoms with Gasteiger partial charge in [-0.05, 0) is 30.3 Å². The van der Waals surface area contributed by atoms with Crippen molar-refractivity contribution in [3.63, 3.8) is 0 Å². The summed E-state index contributed by atoms with van der Waals surface area (Å²) in [6.07, 6.45) is 0. The zero-order valence-corrected chi connectivity index (χ0v) is 10.8. The number of benzene rings is 2. The van der Waals surface area contributed by atoms with Crippen LogP contribution < -0.4 is 5.32 Å². The van der Waals surface area contributed by atoms with Gasteiger partial charge in [-0.25, -0.2) is 8.78 Å². The Balaban J connectivity index is 2.23. The van der Waals surface area contributed by atoms with Crippen LogP contribution >= 0.6 is 11.6 Å². The Labute approximate surface area is 118 Å². The van der Waals surface area contributed by atoms with Crippen molar-refractivity contribution < 1.29 is 13.7 Å². The first-order chi connectivity index (χ1) is 9.47. The lowest BCUT2D eigenvalue weighted by atomic mass is 10.2. The molecule has 0 saturated carbocycles. The highest BCUT2D eigenvalue weighted by Crippen LogP contribution is 2.28. The van der Waals surface area contributed by atoms with Crippen LogP contribution in [-0.4, -0.2) is 4.92 Å². The molecule has 0 aromatic heterocycles. The highest BCUT2D eigenvalue weighted by molar-refractivity contribution is 6.30. The van der Waals surface area contributed by atoms with E-state index in [0.29, 0.717) is 0 Å². The Kier molecular flexibility index (Phi) is 4.14. The zero-order chi connectivity index (χ0) is 14.7. The molecule has 0 amide bonds. The van der Waals surface area contributed by atoms with E-state index in [-0.39, 0.29) is 28.5 Å². The third-order valence-electron chi connectivity index (χ3n) is 2.63. The Morgan fingerprint density at radius 2 is 1.95 bits per heavy atom. The molecule has 20 heavy (non-hydrogen) atoms. The minimum Gasteiger partial charge on any atom is -0.375 e. The number of anilines is 1. The normalized spacial score (nSPS) is 10.3. The fourth-order valence-electron chi connectivity index (χ4n) is 1.67. The number of hydrogen-bond acceptors (Lipinski definition) is 3. The number of nitrogens with one attached hydrogen (secondary N) is 1. The molecule has 2 rings (SSSR count). The second kappa shape index (κ2) is 5.83. The first-order valence-electron chi connectivity index (χ1n) is 5.59. The number of nitro benzene ring substituents is 1. The largest absolute Gasteiger partial charge is 0.375 e. The topological polar surface area (TPSA) is 55.2 Å². The van der Waals surface area contributed by atoms with E-state index in [1.165, 1.54) is 18.2 Å². The number of rotatable bonds is 4. The van der Waals surface area contributed by atoms with E-state index in [4.69, 9.17) is 11.6 Å². The first-order valence-corrected chi connectivity index (χ1v) is 5.97. The van der Waals surface area contributed by atoms with Crippen molar-refractivity contribution in [2.45, 2.75) is 6.54 Å². The summed E-state index contributed by atoms with van der Waals surface area (Å²) in [5.41, 5.74) is 0.0339. The molecular weight excluding hydrogens is 290 g/mol. The molecule has 0 saturated heterocycles. The van der Waals surface area contributed by atoms with Gasteiger partial charge in [-0.1, -0.05) is 11.6 Å². The first kappa shape index (κ1) is 14.2. The molecule has 104 valence electrons. The maximum atomic E-state index is 13.4. The number of nitro groups is 1. The van der Waals surface area contributed by atoms with Crippen LogP contribution in [0, 0.1) is 21.7 Å². The summed E-state index contributed by atoms with van der Waals surface area (Å²) in [6.45, 7) is -0.0773. The Morgan fingerprint density at radius 3 is 2.65 bits per heavy atom. The smallest absolute Gasteiger partial charge is 0.293 e. The van der Waals surface area contributed by atoms with Crippen LogP contribution in [-0.2, 0) is 6.54 Å². The van der Waals surface area contributed by atoms with Gasteiger partial charge in [0, 0.05) is 23.2 Å². The van der Waals surface area contributed by atoms with E-state index in [1.807, 2.05) is 0 Å². The highest BCUT2D eigenvalue weighted by Gasteiger charge is 2.14. The summed E-state index contributed by atoms with van der Waals surface area (Å²) in [5.74, 6) is -1.16. The van der Waals surface area contributed by atoms with Crippen molar-refractivity contribution in [2.75, 3.05) is 5.32 Å². The van der Waals surface area contributed by atoms with E-state index >= 15 is 0 Å². The van der Waals surface area contributed by atoms with Gasteiger partial charge >= 0.3 is 0 Å². The van der Waals surface area contributed by atoms with Crippen LogP contribution in [0.3, 0.4) is 0 Å². The number of nitrogens with zero attached hydrogens (tertiary/aromatic N) is 1. The van der Waals surface area contributed by atoms with E-state index in [2.05, 4.69) is 5.32 Å². The number of hydrogen-bond donors (Lipinski definition) is 1. The van der Waals surface area contributed by atoms with Crippen molar-refractivity contribution in [1.29, 1.82) is 0 Å². The van der Waals surface area contributed by atoms with Gasteiger partial charge in [-0.15, -0.1) is 0 Å². The van der Waals surface area contributed by atoms with Gasteiger partial charge in [-0.3, -0.25) is 10.1 Å². The van der Waals surface area contributed by atoms with Gasteiger partial charge in [0.15, 0.2) is 0 Å². The Bertz CT molecular complexity index is 665. The number of halogens is 3. The summed E-state index contributed by atoms with van der Waals surface area (Å²) in [6, 6.07) is 7.11. The predicted molar refractivity (Wildman–Crippen MR) is 71.8 cm³/mol.